The summed E-state index contributed by atoms with van der Waals surface area (Å²) < 4.78 is 42.0. The van der Waals surface area contributed by atoms with Crippen LogP contribution in [0.15, 0.2) is 60.8 Å². The number of nitrogens with zero attached hydrogens (tertiary/aromatic N) is 4. The van der Waals surface area contributed by atoms with Crippen molar-refractivity contribution in [2.75, 3.05) is 44.3 Å². The number of aryl methyl sites for hydroxylation is 1. The molecule has 0 spiro atoms. The minimum Gasteiger partial charge on any atom is -0.368 e. The van der Waals surface area contributed by atoms with Gasteiger partial charge in [0.1, 0.15) is 0 Å². The molecule has 2 heterocycles. The van der Waals surface area contributed by atoms with Crippen molar-refractivity contribution in [3.8, 4) is 11.1 Å². The standard InChI is InChI=1S/C29H27F3N6O2/c1-17-3-4-19(14-23(17)18-5-8-25-20(13-18)16-34-28(33)36-25)26(39)35-21-6-7-22(24(15-21)29(30,31)32)27(40)38-11-9-37(2)10-12-38/h3-8,13-16H,9-12H2,1-2H3,(H,35,39)(H2,33,34,36). The SMILES string of the molecule is Cc1ccc(C(=O)Nc2ccc(C(=O)N3CCN(C)CC3)c(C(F)(F)F)c2)cc1-c1ccc2nc(N)ncc2c1. The van der Waals surface area contributed by atoms with Crippen molar-refractivity contribution in [2.45, 2.75) is 13.1 Å². The Bertz CT molecular complexity index is 1610. The smallest absolute Gasteiger partial charge is 0.368 e. The lowest BCUT2D eigenvalue weighted by Crippen LogP contribution is -2.47. The number of carbonyl (C=O) groups is 2. The van der Waals surface area contributed by atoms with Gasteiger partial charge in [-0.3, -0.25) is 9.59 Å². The summed E-state index contributed by atoms with van der Waals surface area (Å²) in [5.74, 6) is -1.09. The molecule has 3 aromatic carbocycles. The molecule has 8 nitrogen and oxygen atoms in total. The van der Waals surface area contributed by atoms with Crippen molar-refractivity contribution in [2.24, 2.45) is 0 Å². The maximum Gasteiger partial charge on any atom is 0.417 e. The summed E-state index contributed by atoms with van der Waals surface area (Å²) in [4.78, 5) is 37.7. The molecule has 206 valence electrons. The van der Waals surface area contributed by atoms with Crippen LogP contribution in [-0.4, -0.2) is 64.8 Å². The molecule has 4 aromatic rings. The van der Waals surface area contributed by atoms with Crippen molar-refractivity contribution >= 4 is 34.4 Å². The summed E-state index contributed by atoms with van der Waals surface area (Å²) >= 11 is 0. The lowest BCUT2D eigenvalue weighted by Gasteiger charge is -2.33. The minimum atomic E-state index is -4.78. The first kappa shape index (κ1) is 27.1. The van der Waals surface area contributed by atoms with Crippen LogP contribution in [0.1, 0.15) is 31.8 Å². The average Bonchev–Trinajstić information content (AvgIpc) is 2.92. The number of nitrogens with one attached hydrogen (secondary N) is 1. The van der Waals surface area contributed by atoms with E-state index >= 15 is 0 Å². The molecule has 1 saturated heterocycles. The van der Waals surface area contributed by atoms with E-state index < -0.39 is 29.1 Å². The number of hydrogen-bond donors (Lipinski definition) is 2. The van der Waals surface area contributed by atoms with Crippen LogP contribution in [-0.2, 0) is 6.18 Å². The van der Waals surface area contributed by atoms with Gasteiger partial charge in [-0.25, -0.2) is 9.97 Å². The molecule has 0 aliphatic carbocycles. The van der Waals surface area contributed by atoms with Crippen molar-refractivity contribution in [3.63, 3.8) is 0 Å². The molecule has 0 unspecified atom stereocenters. The van der Waals surface area contributed by atoms with E-state index in [-0.39, 0.29) is 17.2 Å². The third-order valence-corrected chi connectivity index (χ3v) is 7.01. The molecule has 0 radical (unpaired) electrons. The van der Waals surface area contributed by atoms with E-state index in [0.29, 0.717) is 31.7 Å². The van der Waals surface area contributed by atoms with Gasteiger partial charge in [-0.1, -0.05) is 12.1 Å². The van der Waals surface area contributed by atoms with Crippen LogP contribution in [0.25, 0.3) is 22.0 Å². The normalized spacial score (nSPS) is 14.4. The highest BCUT2D eigenvalue weighted by Gasteiger charge is 2.37. The van der Waals surface area contributed by atoms with Crippen LogP contribution in [0, 0.1) is 6.92 Å². The van der Waals surface area contributed by atoms with Crippen molar-refractivity contribution in [1.29, 1.82) is 0 Å². The van der Waals surface area contributed by atoms with E-state index in [0.717, 1.165) is 34.2 Å². The van der Waals surface area contributed by atoms with Gasteiger partial charge in [-0.2, -0.15) is 13.2 Å². The fourth-order valence-corrected chi connectivity index (χ4v) is 4.72. The molecule has 0 atom stereocenters. The van der Waals surface area contributed by atoms with Gasteiger partial charge < -0.3 is 20.9 Å². The molecule has 40 heavy (non-hydrogen) atoms. The van der Waals surface area contributed by atoms with Gasteiger partial charge in [0.05, 0.1) is 16.6 Å². The quantitative estimate of drug-likeness (QED) is 0.378. The minimum absolute atomic E-state index is 0.0604. The third kappa shape index (κ3) is 5.59. The molecule has 0 saturated carbocycles. The van der Waals surface area contributed by atoms with Crippen molar-refractivity contribution in [3.05, 3.63) is 83.0 Å². The lowest BCUT2D eigenvalue weighted by molar-refractivity contribution is -0.138. The first-order valence-corrected chi connectivity index (χ1v) is 12.6. The summed E-state index contributed by atoms with van der Waals surface area (Å²) in [6.45, 7) is 3.76. The van der Waals surface area contributed by atoms with Gasteiger partial charge in [0.2, 0.25) is 5.95 Å². The first-order chi connectivity index (χ1) is 19.0. The Morgan fingerprint density at radius 2 is 1.73 bits per heavy atom. The second kappa shape index (κ2) is 10.6. The topological polar surface area (TPSA) is 104 Å². The maximum atomic E-state index is 14.0. The van der Waals surface area contributed by atoms with Gasteiger partial charge >= 0.3 is 6.18 Å². The molecule has 3 N–H and O–H groups in total. The highest BCUT2D eigenvalue weighted by atomic mass is 19.4. The van der Waals surface area contributed by atoms with Gasteiger partial charge in [0.25, 0.3) is 11.8 Å². The maximum absolute atomic E-state index is 14.0. The van der Waals surface area contributed by atoms with Crippen LogP contribution >= 0.6 is 0 Å². The monoisotopic (exact) mass is 548 g/mol. The number of anilines is 2. The van der Waals surface area contributed by atoms with Crippen molar-refractivity contribution < 1.29 is 22.8 Å². The molecular weight excluding hydrogens is 521 g/mol. The summed E-state index contributed by atoms with van der Waals surface area (Å²) in [5.41, 5.74) is 7.51. The summed E-state index contributed by atoms with van der Waals surface area (Å²) in [5, 5.41) is 3.32. The molecule has 1 aromatic heterocycles. The van der Waals surface area contributed by atoms with Crippen LogP contribution < -0.4 is 11.1 Å². The zero-order chi connectivity index (χ0) is 28.6. The number of nitrogens with two attached hydrogens (primary N) is 1. The number of benzene rings is 3. The number of rotatable bonds is 4. The fraction of sp³-hybridized carbons (Fsp3) is 0.241. The molecule has 1 fully saturated rings. The second-order valence-corrected chi connectivity index (χ2v) is 9.84. The van der Waals surface area contributed by atoms with E-state index in [1.165, 1.54) is 11.0 Å². The third-order valence-electron chi connectivity index (χ3n) is 7.01. The Balaban J connectivity index is 1.41. The molecule has 1 aliphatic rings. The van der Waals surface area contributed by atoms with Crippen molar-refractivity contribution in [1.82, 2.24) is 19.8 Å². The van der Waals surface area contributed by atoms with Gasteiger partial charge in [0.15, 0.2) is 0 Å². The lowest BCUT2D eigenvalue weighted by atomic mass is 9.96. The number of hydrogen-bond acceptors (Lipinski definition) is 6. The van der Waals surface area contributed by atoms with E-state index in [1.54, 1.807) is 30.5 Å². The van der Waals surface area contributed by atoms with Crippen LogP contribution in [0.5, 0.6) is 0 Å². The Hall–Kier alpha value is -4.51. The molecule has 11 heteroatoms. The number of piperazine rings is 1. The second-order valence-electron chi connectivity index (χ2n) is 9.84. The van der Waals surface area contributed by atoms with Crippen LogP contribution in [0.3, 0.4) is 0 Å². The molecule has 5 rings (SSSR count). The van der Waals surface area contributed by atoms with Gasteiger partial charge in [0, 0.05) is 49.0 Å². The van der Waals surface area contributed by atoms with E-state index in [9.17, 15) is 22.8 Å². The molecule has 2 amide bonds. The highest BCUT2D eigenvalue weighted by Crippen LogP contribution is 2.35. The highest BCUT2D eigenvalue weighted by molar-refractivity contribution is 6.06. The predicted octanol–water partition coefficient (Wildman–Crippen LogP) is 4.85. The van der Waals surface area contributed by atoms with Gasteiger partial charge in [-0.15, -0.1) is 0 Å². The number of halogens is 3. The fourth-order valence-electron chi connectivity index (χ4n) is 4.72. The number of likely N-dealkylation sites (N-methyl/N-ethyl adjacent to an activating group) is 1. The Kier molecular flexibility index (Phi) is 7.16. The zero-order valence-electron chi connectivity index (χ0n) is 21.9. The number of nitrogen functional groups attached to an aromatic ring is 1. The van der Waals surface area contributed by atoms with E-state index in [2.05, 4.69) is 15.3 Å². The Morgan fingerprint density at radius 3 is 2.45 bits per heavy atom. The van der Waals surface area contributed by atoms with E-state index in [4.69, 9.17) is 5.73 Å². The predicted molar refractivity (Wildman–Crippen MR) is 147 cm³/mol. The van der Waals surface area contributed by atoms with Crippen LogP contribution in [0.2, 0.25) is 0 Å². The Labute approximate surface area is 228 Å². The summed E-state index contributed by atoms with van der Waals surface area (Å²) in [6, 6.07) is 13.9. The zero-order valence-corrected chi connectivity index (χ0v) is 21.9. The molecule has 1 aliphatic heterocycles. The molecular formula is C29H27F3N6O2. The summed E-state index contributed by atoms with van der Waals surface area (Å²) in [6.07, 6.45) is -3.16. The largest absolute Gasteiger partial charge is 0.417 e. The first-order valence-electron chi connectivity index (χ1n) is 12.6. The summed E-state index contributed by atoms with van der Waals surface area (Å²) in [7, 11) is 1.89. The number of carbonyl (C=O) groups excluding carboxylic acids is 2. The van der Waals surface area contributed by atoms with E-state index in [1.807, 2.05) is 31.0 Å². The number of amides is 2. The average molecular weight is 549 g/mol. The Morgan fingerprint density at radius 1 is 0.975 bits per heavy atom. The number of alkyl halides is 3. The number of fused-ring (bicyclic) bond motifs is 1. The number of aromatic nitrogens is 2. The van der Waals surface area contributed by atoms with Crippen LogP contribution in [0.4, 0.5) is 24.8 Å². The molecule has 0 bridgehead atoms. The van der Waals surface area contributed by atoms with Gasteiger partial charge in [-0.05, 0) is 73.1 Å².